The van der Waals surface area contributed by atoms with E-state index in [1.165, 1.54) is 6.07 Å². The maximum atomic E-state index is 14.5. The molecule has 1 atom stereocenters. The van der Waals surface area contributed by atoms with Gasteiger partial charge in [0.1, 0.15) is 5.82 Å². The summed E-state index contributed by atoms with van der Waals surface area (Å²) in [7, 11) is 0. The summed E-state index contributed by atoms with van der Waals surface area (Å²) in [6.45, 7) is 3.88. The number of hydrogen-bond donors (Lipinski definition) is 0. The third kappa shape index (κ3) is 2.40. The molecule has 1 aliphatic heterocycles. The van der Waals surface area contributed by atoms with E-state index in [-0.39, 0.29) is 11.7 Å². The molecule has 0 radical (unpaired) electrons. The average Bonchev–Trinajstić information content (AvgIpc) is 2.63. The van der Waals surface area contributed by atoms with Gasteiger partial charge < -0.3 is 0 Å². The zero-order chi connectivity index (χ0) is 17.6. The molecule has 0 aliphatic carbocycles. The Bertz CT molecular complexity index is 985. The van der Waals surface area contributed by atoms with Crippen LogP contribution in [-0.2, 0) is 11.2 Å². The number of carbonyl (C=O) groups excluding carboxylic acids is 1. The van der Waals surface area contributed by atoms with Gasteiger partial charge in [-0.25, -0.2) is 4.39 Å². The molecule has 0 fully saturated rings. The highest BCUT2D eigenvalue weighted by Crippen LogP contribution is 2.44. The van der Waals surface area contributed by atoms with Gasteiger partial charge in [-0.3, -0.25) is 14.7 Å². The fraction of sp³-hybridized carbons (Fsp3) is 0.238. The Morgan fingerprint density at radius 3 is 2.80 bits per heavy atom. The van der Waals surface area contributed by atoms with Gasteiger partial charge in [0.15, 0.2) is 0 Å². The van der Waals surface area contributed by atoms with Gasteiger partial charge >= 0.3 is 0 Å². The van der Waals surface area contributed by atoms with E-state index >= 15 is 0 Å². The summed E-state index contributed by atoms with van der Waals surface area (Å²) in [4.78, 5) is 19.4. The molecule has 0 spiro atoms. The lowest BCUT2D eigenvalue weighted by atomic mass is 9.76. The van der Waals surface area contributed by atoms with Crippen LogP contribution in [0.4, 0.5) is 15.8 Å². The van der Waals surface area contributed by atoms with Crippen LogP contribution < -0.4 is 4.90 Å². The highest BCUT2D eigenvalue weighted by molar-refractivity contribution is 6.07. The van der Waals surface area contributed by atoms with Crippen molar-refractivity contribution in [2.24, 2.45) is 5.41 Å². The number of benzene rings is 2. The van der Waals surface area contributed by atoms with Crippen LogP contribution in [0.5, 0.6) is 0 Å². The van der Waals surface area contributed by atoms with E-state index in [0.29, 0.717) is 29.8 Å². The van der Waals surface area contributed by atoms with E-state index < -0.39 is 5.41 Å². The summed E-state index contributed by atoms with van der Waals surface area (Å²) in [5.74, 6) is -0.270. The molecule has 4 heteroatoms. The smallest absolute Gasteiger partial charge is 0.237 e. The predicted octanol–water partition coefficient (Wildman–Crippen LogP) is 5.01. The zero-order valence-electron chi connectivity index (χ0n) is 14.3. The standard InChI is InChI=1S/C21H19FN2O/c1-3-21(2)12-16-17(22)8-6-10-19(16)24(20(21)25)15-11-14-7-4-5-9-18(14)23-13-15/h4-11,13H,3,12H2,1-2H3. The second-order valence-corrected chi connectivity index (χ2v) is 6.86. The Morgan fingerprint density at radius 2 is 2.00 bits per heavy atom. The first-order valence-corrected chi connectivity index (χ1v) is 8.50. The molecule has 0 saturated carbocycles. The number of pyridine rings is 1. The van der Waals surface area contributed by atoms with Crippen LogP contribution >= 0.6 is 0 Å². The van der Waals surface area contributed by atoms with Gasteiger partial charge in [-0.15, -0.1) is 0 Å². The lowest BCUT2D eigenvalue weighted by molar-refractivity contribution is -0.127. The normalized spacial score (nSPS) is 20.0. The lowest BCUT2D eigenvalue weighted by Gasteiger charge is -2.40. The fourth-order valence-electron chi connectivity index (χ4n) is 3.49. The molecule has 2 aromatic carbocycles. The summed E-state index contributed by atoms with van der Waals surface area (Å²) in [5.41, 5.74) is 2.14. The fourth-order valence-corrected chi connectivity index (χ4v) is 3.49. The highest BCUT2D eigenvalue weighted by atomic mass is 19.1. The molecule has 0 saturated heterocycles. The van der Waals surface area contributed by atoms with E-state index in [1.807, 2.05) is 44.2 Å². The minimum absolute atomic E-state index is 0.00909. The number of carbonyl (C=O) groups is 1. The number of aromatic nitrogens is 1. The average molecular weight is 334 g/mol. The van der Waals surface area contributed by atoms with Crippen LogP contribution in [0.2, 0.25) is 0 Å². The van der Waals surface area contributed by atoms with Crippen LogP contribution in [0.25, 0.3) is 10.9 Å². The maximum absolute atomic E-state index is 14.5. The Balaban J connectivity index is 1.94. The highest BCUT2D eigenvalue weighted by Gasteiger charge is 2.43. The van der Waals surface area contributed by atoms with Gasteiger partial charge in [-0.05, 0) is 37.1 Å². The molecule has 1 amide bonds. The Hall–Kier alpha value is -2.75. The Morgan fingerprint density at radius 1 is 1.20 bits per heavy atom. The first-order valence-electron chi connectivity index (χ1n) is 8.50. The number of para-hydroxylation sites is 1. The molecule has 1 unspecified atom stereocenters. The second kappa shape index (κ2) is 5.66. The van der Waals surface area contributed by atoms with Crippen LogP contribution in [0.15, 0.2) is 54.7 Å². The molecule has 0 bridgehead atoms. The molecule has 126 valence electrons. The minimum atomic E-state index is -0.624. The number of anilines is 2. The predicted molar refractivity (Wildman–Crippen MR) is 97.4 cm³/mol. The summed E-state index contributed by atoms with van der Waals surface area (Å²) in [6.07, 6.45) is 2.76. The van der Waals surface area contributed by atoms with Crippen molar-refractivity contribution in [3.8, 4) is 0 Å². The molecular weight excluding hydrogens is 315 g/mol. The number of fused-ring (bicyclic) bond motifs is 2. The topological polar surface area (TPSA) is 33.2 Å². The quantitative estimate of drug-likeness (QED) is 0.660. The second-order valence-electron chi connectivity index (χ2n) is 6.86. The molecule has 25 heavy (non-hydrogen) atoms. The van der Waals surface area contributed by atoms with E-state index in [2.05, 4.69) is 4.98 Å². The first kappa shape index (κ1) is 15.8. The van der Waals surface area contributed by atoms with Crippen molar-refractivity contribution < 1.29 is 9.18 Å². The molecule has 0 N–H and O–H groups in total. The van der Waals surface area contributed by atoms with E-state index in [1.54, 1.807) is 23.2 Å². The number of amides is 1. The molecule has 3 nitrogen and oxygen atoms in total. The van der Waals surface area contributed by atoms with E-state index in [9.17, 15) is 9.18 Å². The van der Waals surface area contributed by atoms with Crippen molar-refractivity contribution in [1.82, 2.24) is 4.98 Å². The van der Waals surface area contributed by atoms with Gasteiger partial charge in [0.05, 0.1) is 28.5 Å². The van der Waals surface area contributed by atoms with Crippen molar-refractivity contribution >= 4 is 28.2 Å². The third-order valence-electron chi connectivity index (χ3n) is 5.24. The van der Waals surface area contributed by atoms with Crippen molar-refractivity contribution in [2.45, 2.75) is 26.7 Å². The van der Waals surface area contributed by atoms with Gasteiger partial charge in [-0.2, -0.15) is 0 Å². The van der Waals surface area contributed by atoms with Crippen LogP contribution in [0.3, 0.4) is 0 Å². The summed E-state index contributed by atoms with van der Waals surface area (Å²) in [5, 5.41) is 0.953. The summed E-state index contributed by atoms with van der Waals surface area (Å²) >= 11 is 0. The van der Waals surface area contributed by atoms with Crippen molar-refractivity contribution in [3.05, 3.63) is 66.1 Å². The Labute approximate surface area is 146 Å². The monoisotopic (exact) mass is 334 g/mol. The van der Waals surface area contributed by atoms with Crippen LogP contribution in [0.1, 0.15) is 25.8 Å². The molecule has 1 aliphatic rings. The molecule has 3 aromatic rings. The number of halogens is 1. The van der Waals surface area contributed by atoms with Gasteiger partial charge in [-0.1, -0.05) is 38.1 Å². The third-order valence-corrected chi connectivity index (χ3v) is 5.24. The largest absolute Gasteiger partial charge is 0.279 e. The van der Waals surface area contributed by atoms with E-state index in [4.69, 9.17) is 0 Å². The molecular formula is C21H19FN2O. The van der Waals surface area contributed by atoms with Gasteiger partial charge in [0.2, 0.25) is 5.91 Å². The Kier molecular flexibility index (Phi) is 3.57. The van der Waals surface area contributed by atoms with Crippen molar-refractivity contribution in [1.29, 1.82) is 0 Å². The zero-order valence-corrected chi connectivity index (χ0v) is 14.3. The summed E-state index contributed by atoms with van der Waals surface area (Å²) < 4.78 is 14.5. The van der Waals surface area contributed by atoms with Crippen LogP contribution in [0, 0.1) is 11.2 Å². The minimum Gasteiger partial charge on any atom is -0.279 e. The lowest BCUT2D eigenvalue weighted by Crippen LogP contribution is -2.45. The number of nitrogens with zero attached hydrogens (tertiary/aromatic N) is 2. The van der Waals surface area contributed by atoms with E-state index in [0.717, 1.165) is 10.9 Å². The SMILES string of the molecule is CCC1(C)Cc2c(F)cccc2N(c2cnc3ccccc3c2)C1=O. The number of rotatable bonds is 2. The van der Waals surface area contributed by atoms with Crippen LogP contribution in [-0.4, -0.2) is 10.9 Å². The van der Waals surface area contributed by atoms with Gasteiger partial charge in [0.25, 0.3) is 0 Å². The maximum Gasteiger partial charge on any atom is 0.237 e. The first-order chi connectivity index (χ1) is 12.0. The molecule has 1 aromatic heterocycles. The van der Waals surface area contributed by atoms with Crippen molar-refractivity contribution in [2.75, 3.05) is 4.90 Å². The van der Waals surface area contributed by atoms with Crippen molar-refractivity contribution in [3.63, 3.8) is 0 Å². The van der Waals surface area contributed by atoms with Gasteiger partial charge in [0, 0.05) is 10.9 Å². The summed E-state index contributed by atoms with van der Waals surface area (Å²) in [6, 6.07) is 14.6. The molecule has 4 rings (SSSR count). The number of hydrogen-bond acceptors (Lipinski definition) is 2. The molecule has 2 heterocycles.